The highest BCUT2D eigenvalue weighted by molar-refractivity contribution is 9.10. The average Bonchev–Trinajstić information content (AvgIpc) is 2.91. The Bertz CT molecular complexity index is 556. The maximum Gasteiger partial charge on any atom is 0.240 e. The Morgan fingerprint density at radius 3 is 2.65 bits per heavy atom. The molecule has 0 aromatic heterocycles. The van der Waals surface area contributed by atoms with Crippen LogP contribution in [-0.2, 0) is 10.0 Å². The Kier molecular flexibility index (Phi) is 5.57. The molecule has 1 aliphatic carbocycles. The van der Waals surface area contributed by atoms with E-state index in [0.29, 0.717) is 6.54 Å². The van der Waals surface area contributed by atoms with Crippen molar-refractivity contribution in [3.63, 3.8) is 0 Å². The highest BCUT2D eigenvalue weighted by Crippen LogP contribution is 2.28. The summed E-state index contributed by atoms with van der Waals surface area (Å²) in [5, 5.41) is 0. The first-order chi connectivity index (χ1) is 9.49. The molecular formula is C14H19BrFNO2S. The van der Waals surface area contributed by atoms with Crippen LogP contribution in [0.4, 0.5) is 4.39 Å². The molecule has 0 spiro atoms. The van der Waals surface area contributed by atoms with Gasteiger partial charge in [0.2, 0.25) is 10.0 Å². The standard InChI is InChI=1S/C14H19BrFNO2S/c15-13-8-7-12(10-14(13)16)20(18,19)17-9-3-6-11-4-1-2-5-11/h7-8,10-11,17H,1-6,9H2. The van der Waals surface area contributed by atoms with Gasteiger partial charge in [0, 0.05) is 6.54 Å². The predicted molar refractivity (Wildman–Crippen MR) is 80.5 cm³/mol. The Morgan fingerprint density at radius 1 is 1.30 bits per heavy atom. The van der Waals surface area contributed by atoms with Gasteiger partial charge in [-0.1, -0.05) is 25.7 Å². The lowest BCUT2D eigenvalue weighted by Crippen LogP contribution is -2.25. The fourth-order valence-electron chi connectivity index (χ4n) is 2.62. The van der Waals surface area contributed by atoms with E-state index in [0.717, 1.165) is 24.8 Å². The average molecular weight is 364 g/mol. The van der Waals surface area contributed by atoms with Gasteiger partial charge in [0.05, 0.1) is 9.37 Å². The molecule has 0 atom stereocenters. The summed E-state index contributed by atoms with van der Waals surface area (Å²) >= 11 is 3.01. The van der Waals surface area contributed by atoms with E-state index < -0.39 is 15.8 Å². The van der Waals surface area contributed by atoms with E-state index in [4.69, 9.17) is 0 Å². The van der Waals surface area contributed by atoms with Crippen LogP contribution in [0, 0.1) is 11.7 Å². The monoisotopic (exact) mass is 363 g/mol. The number of nitrogens with one attached hydrogen (secondary N) is 1. The van der Waals surface area contributed by atoms with Crippen LogP contribution >= 0.6 is 15.9 Å². The van der Waals surface area contributed by atoms with Crippen LogP contribution in [0.3, 0.4) is 0 Å². The lowest BCUT2D eigenvalue weighted by molar-refractivity contribution is 0.480. The highest BCUT2D eigenvalue weighted by Gasteiger charge is 2.17. The second-order valence-corrected chi connectivity index (χ2v) is 7.89. The maximum absolute atomic E-state index is 13.4. The van der Waals surface area contributed by atoms with Crippen LogP contribution in [0.25, 0.3) is 0 Å². The predicted octanol–water partition coefficient (Wildman–Crippen LogP) is 3.84. The van der Waals surface area contributed by atoms with Crippen LogP contribution < -0.4 is 4.72 Å². The molecule has 6 heteroatoms. The van der Waals surface area contributed by atoms with E-state index in [1.54, 1.807) is 0 Å². The third-order valence-electron chi connectivity index (χ3n) is 3.76. The van der Waals surface area contributed by atoms with Crippen molar-refractivity contribution in [1.29, 1.82) is 0 Å². The van der Waals surface area contributed by atoms with E-state index in [1.807, 2.05) is 0 Å². The molecule has 112 valence electrons. The normalized spacial score (nSPS) is 16.7. The van der Waals surface area contributed by atoms with E-state index in [1.165, 1.54) is 37.8 Å². The molecular weight excluding hydrogens is 345 g/mol. The van der Waals surface area contributed by atoms with Gasteiger partial charge >= 0.3 is 0 Å². The summed E-state index contributed by atoms with van der Waals surface area (Å²) in [7, 11) is -3.61. The minimum absolute atomic E-state index is 0.0286. The molecule has 2 rings (SSSR count). The van der Waals surface area contributed by atoms with Crippen molar-refractivity contribution in [1.82, 2.24) is 4.72 Å². The van der Waals surface area contributed by atoms with Crippen LogP contribution in [0.15, 0.2) is 27.6 Å². The van der Waals surface area contributed by atoms with Crippen molar-refractivity contribution in [2.24, 2.45) is 5.92 Å². The van der Waals surface area contributed by atoms with Crippen LogP contribution in [0.2, 0.25) is 0 Å². The second kappa shape index (κ2) is 7.00. The highest BCUT2D eigenvalue weighted by atomic mass is 79.9. The van der Waals surface area contributed by atoms with Crippen molar-refractivity contribution in [3.05, 3.63) is 28.5 Å². The minimum Gasteiger partial charge on any atom is -0.211 e. The largest absolute Gasteiger partial charge is 0.240 e. The Labute approximate surface area is 128 Å². The molecule has 0 amide bonds. The fourth-order valence-corrected chi connectivity index (χ4v) is 3.96. The number of rotatable bonds is 6. The molecule has 1 saturated carbocycles. The zero-order chi connectivity index (χ0) is 14.6. The zero-order valence-electron chi connectivity index (χ0n) is 11.2. The van der Waals surface area contributed by atoms with E-state index in [-0.39, 0.29) is 9.37 Å². The second-order valence-electron chi connectivity index (χ2n) is 5.27. The number of halogens is 2. The molecule has 0 radical (unpaired) electrons. The molecule has 1 aliphatic rings. The molecule has 1 aromatic rings. The summed E-state index contributed by atoms with van der Waals surface area (Å²) in [5.74, 6) is 0.184. The van der Waals surface area contributed by atoms with Gasteiger partial charge in [-0.15, -0.1) is 0 Å². The number of benzene rings is 1. The molecule has 1 aromatic carbocycles. The Hall–Kier alpha value is -0.460. The maximum atomic E-state index is 13.4. The molecule has 1 N–H and O–H groups in total. The third kappa shape index (κ3) is 4.27. The zero-order valence-corrected chi connectivity index (χ0v) is 13.6. The molecule has 0 heterocycles. The number of hydrogen-bond donors (Lipinski definition) is 1. The topological polar surface area (TPSA) is 46.2 Å². The summed E-state index contributed by atoms with van der Waals surface area (Å²) < 4.78 is 40.2. The van der Waals surface area contributed by atoms with Gasteiger partial charge in [-0.3, -0.25) is 0 Å². The first kappa shape index (κ1) is 15.9. The first-order valence-corrected chi connectivity index (χ1v) is 9.21. The van der Waals surface area contributed by atoms with Crippen molar-refractivity contribution in [2.45, 2.75) is 43.4 Å². The molecule has 20 heavy (non-hydrogen) atoms. The van der Waals surface area contributed by atoms with Gasteiger partial charge in [0.25, 0.3) is 0 Å². The smallest absolute Gasteiger partial charge is 0.211 e. The fraction of sp³-hybridized carbons (Fsp3) is 0.571. The van der Waals surface area contributed by atoms with Crippen molar-refractivity contribution >= 4 is 26.0 Å². The number of sulfonamides is 1. The van der Waals surface area contributed by atoms with E-state index in [9.17, 15) is 12.8 Å². The summed E-state index contributed by atoms with van der Waals surface area (Å²) in [4.78, 5) is -0.0286. The van der Waals surface area contributed by atoms with Gasteiger partial charge in [-0.05, 0) is 52.9 Å². The first-order valence-electron chi connectivity index (χ1n) is 6.94. The van der Waals surface area contributed by atoms with Crippen molar-refractivity contribution < 1.29 is 12.8 Å². The molecule has 0 saturated heterocycles. The number of hydrogen-bond acceptors (Lipinski definition) is 2. The lowest BCUT2D eigenvalue weighted by Gasteiger charge is -2.10. The molecule has 0 bridgehead atoms. The van der Waals surface area contributed by atoms with Gasteiger partial charge < -0.3 is 0 Å². The molecule has 3 nitrogen and oxygen atoms in total. The van der Waals surface area contributed by atoms with Gasteiger partial charge in [-0.25, -0.2) is 17.5 Å². The Morgan fingerprint density at radius 2 is 2.00 bits per heavy atom. The SMILES string of the molecule is O=S(=O)(NCCCC1CCCC1)c1ccc(Br)c(F)c1. The molecule has 0 aliphatic heterocycles. The lowest BCUT2D eigenvalue weighted by atomic mass is 10.0. The van der Waals surface area contributed by atoms with Gasteiger partial charge in [-0.2, -0.15) is 0 Å². The molecule has 0 unspecified atom stereocenters. The summed E-state index contributed by atoms with van der Waals surface area (Å²) in [6, 6.07) is 3.83. The van der Waals surface area contributed by atoms with Crippen LogP contribution in [0.1, 0.15) is 38.5 Å². The third-order valence-corrected chi connectivity index (χ3v) is 5.86. The van der Waals surface area contributed by atoms with Crippen molar-refractivity contribution in [2.75, 3.05) is 6.54 Å². The molecule has 1 fully saturated rings. The van der Waals surface area contributed by atoms with Gasteiger partial charge in [0.1, 0.15) is 5.82 Å². The van der Waals surface area contributed by atoms with E-state index in [2.05, 4.69) is 20.7 Å². The van der Waals surface area contributed by atoms with Crippen molar-refractivity contribution in [3.8, 4) is 0 Å². The Balaban J connectivity index is 1.85. The minimum atomic E-state index is -3.61. The summed E-state index contributed by atoms with van der Waals surface area (Å²) in [5.41, 5.74) is 0. The van der Waals surface area contributed by atoms with Gasteiger partial charge in [0.15, 0.2) is 0 Å². The summed E-state index contributed by atoms with van der Waals surface area (Å²) in [6.45, 7) is 0.413. The van der Waals surface area contributed by atoms with Crippen LogP contribution in [-0.4, -0.2) is 15.0 Å². The van der Waals surface area contributed by atoms with E-state index >= 15 is 0 Å². The quantitative estimate of drug-likeness (QED) is 0.780. The van der Waals surface area contributed by atoms with Crippen LogP contribution in [0.5, 0.6) is 0 Å². The summed E-state index contributed by atoms with van der Waals surface area (Å²) in [6.07, 6.45) is 7.04.